The van der Waals surface area contributed by atoms with Gasteiger partial charge in [-0.1, -0.05) is 118 Å². The number of alkyl carbamates (subject to hydrolysis) is 1. The molecule has 0 aliphatic carbocycles. The molecule has 1 unspecified atom stereocenters. The van der Waals surface area contributed by atoms with E-state index in [1.165, 1.54) is 5.56 Å². The molecule has 8 nitrogen and oxygen atoms in total. The fourth-order valence-corrected chi connectivity index (χ4v) is 6.20. The van der Waals surface area contributed by atoms with Gasteiger partial charge in [0, 0.05) is 32.2 Å². The Morgan fingerprint density at radius 2 is 1.35 bits per heavy atom. The van der Waals surface area contributed by atoms with Gasteiger partial charge in [-0.05, 0) is 48.8 Å². The first-order valence-corrected chi connectivity index (χ1v) is 16.7. The van der Waals surface area contributed by atoms with Gasteiger partial charge in [-0.15, -0.1) is 0 Å². The zero-order valence-electron chi connectivity index (χ0n) is 27.8. The third kappa shape index (κ3) is 8.97. The highest BCUT2D eigenvalue weighted by Crippen LogP contribution is 2.34. The minimum Gasteiger partial charge on any atom is -0.445 e. The van der Waals surface area contributed by atoms with Crippen molar-refractivity contribution in [2.75, 3.05) is 13.1 Å². The standard InChI is InChI=1S/C38H50N4O4/c1-5-29(3)34(40-37(45)46-28-33-20-14-9-15-21-33)35(43)42(30(4)6-2)38(36(44)39-26-31-16-10-7-11-17-31)22-24-41(25-23-38)27-32-18-12-8-13-19-32/h7-21,29-30,34H,5-6,22-28H2,1-4H3,(H,39,44)(H,40,45)/t29-,30?,34-/m0/s1. The Kier molecular flexibility index (Phi) is 12.8. The zero-order valence-corrected chi connectivity index (χ0v) is 27.8. The van der Waals surface area contributed by atoms with Gasteiger partial charge < -0.3 is 20.3 Å². The Bertz CT molecular complexity index is 1380. The average Bonchev–Trinajstić information content (AvgIpc) is 3.10. The number of hydrogen-bond donors (Lipinski definition) is 2. The van der Waals surface area contributed by atoms with E-state index in [9.17, 15) is 14.4 Å². The molecule has 0 saturated carbocycles. The Labute approximate surface area is 274 Å². The van der Waals surface area contributed by atoms with Gasteiger partial charge in [0.2, 0.25) is 11.8 Å². The van der Waals surface area contributed by atoms with Crippen molar-refractivity contribution < 1.29 is 19.1 Å². The molecule has 46 heavy (non-hydrogen) atoms. The lowest BCUT2D eigenvalue weighted by Crippen LogP contribution is -2.69. The van der Waals surface area contributed by atoms with Crippen LogP contribution in [0.3, 0.4) is 0 Å². The summed E-state index contributed by atoms with van der Waals surface area (Å²) in [7, 11) is 0. The second-order valence-corrected chi connectivity index (χ2v) is 12.5. The Balaban J connectivity index is 1.61. The predicted molar refractivity (Wildman–Crippen MR) is 182 cm³/mol. The molecule has 1 aliphatic heterocycles. The SMILES string of the molecule is CCC(C)N(C(=O)[C@@H](NC(=O)OCc1ccccc1)[C@@H](C)CC)C1(C(=O)NCc2ccccc2)CCN(Cc2ccccc2)CC1. The first-order chi connectivity index (χ1) is 22.3. The maximum atomic E-state index is 14.8. The minimum atomic E-state index is -1.07. The number of carbonyl (C=O) groups excluding carboxylic acids is 3. The summed E-state index contributed by atoms with van der Waals surface area (Å²) in [5.74, 6) is -0.573. The van der Waals surface area contributed by atoms with Crippen molar-refractivity contribution in [1.29, 1.82) is 0 Å². The molecule has 1 aliphatic rings. The fourth-order valence-electron chi connectivity index (χ4n) is 6.20. The highest BCUT2D eigenvalue weighted by Gasteiger charge is 2.51. The maximum Gasteiger partial charge on any atom is 0.408 e. The third-order valence-corrected chi connectivity index (χ3v) is 9.35. The Morgan fingerprint density at radius 1 is 0.804 bits per heavy atom. The predicted octanol–water partition coefficient (Wildman–Crippen LogP) is 6.31. The third-order valence-electron chi connectivity index (χ3n) is 9.35. The zero-order chi connectivity index (χ0) is 32.9. The van der Waals surface area contributed by atoms with Crippen molar-refractivity contribution >= 4 is 17.9 Å². The van der Waals surface area contributed by atoms with Crippen LogP contribution in [-0.2, 0) is 34.0 Å². The number of hydrogen-bond acceptors (Lipinski definition) is 5. The topological polar surface area (TPSA) is 91.0 Å². The summed E-state index contributed by atoms with van der Waals surface area (Å²) in [6, 6.07) is 28.5. The van der Waals surface area contributed by atoms with Crippen LogP contribution in [0.15, 0.2) is 91.0 Å². The first-order valence-electron chi connectivity index (χ1n) is 16.7. The molecule has 1 fully saturated rings. The fraction of sp³-hybridized carbons (Fsp3) is 0.447. The molecule has 0 spiro atoms. The average molecular weight is 627 g/mol. The van der Waals surface area contributed by atoms with Gasteiger partial charge in [-0.2, -0.15) is 0 Å². The monoisotopic (exact) mass is 626 g/mol. The summed E-state index contributed by atoms with van der Waals surface area (Å²) in [4.78, 5) is 46.5. The van der Waals surface area contributed by atoms with E-state index in [0.29, 0.717) is 45.3 Å². The molecule has 246 valence electrons. The van der Waals surface area contributed by atoms with Gasteiger partial charge in [-0.25, -0.2) is 4.79 Å². The van der Waals surface area contributed by atoms with Crippen molar-refractivity contribution in [3.63, 3.8) is 0 Å². The number of ether oxygens (including phenoxy) is 1. The molecule has 3 aromatic rings. The van der Waals surface area contributed by atoms with Crippen molar-refractivity contribution in [2.45, 2.75) is 90.7 Å². The van der Waals surface area contributed by atoms with Crippen molar-refractivity contribution in [3.8, 4) is 0 Å². The van der Waals surface area contributed by atoms with Gasteiger partial charge in [0.05, 0.1) is 0 Å². The highest BCUT2D eigenvalue weighted by molar-refractivity contribution is 5.94. The van der Waals surface area contributed by atoms with E-state index in [1.54, 1.807) is 0 Å². The first kappa shape index (κ1) is 34.7. The van der Waals surface area contributed by atoms with E-state index in [2.05, 4.69) is 27.7 Å². The van der Waals surface area contributed by atoms with Crippen LogP contribution in [0, 0.1) is 5.92 Å². The number of nitrogens with zero attached hydrogens (tertiary/aromatic N) is 2. The van der Waals surface area contributed by atoms with Crippen LogP contribution in [0.25, 0.3) is 0 Å². The van der Waals surface area contributed by atoms with Crippen LogP contribution in [0.1, 0.15) is 70.1 Å². The second-order valence-electron chi connectivity index (χ2n) is 12.5. The normalized spacial score (nSPS) is 16.4. The molecule has 8 heteroatoms. The van der Waals surface area contributed by atoms with E-state index >= 15 is 0 Å². The van der Waals surface area contributed by atoms with Gasteiger partial charge in [0.25, 0.3) is 0 Å². The van der Waals surface area contributed by atoms with E-state index in [1.807, 2.05) is 111 Å². The van der Waals surface area contributed by atoms with Gasteiger partial charge >= 0.3 is 6.09 Å². The summed E-state index contributed by atoms with van der Waals surface area (Å²) in [6.07, 6.45) is 1.66. The number of rotatable bonds is 14. The van der Waals surface area contributed by atoms with Crippen LogP contribution in [0.2, 0.25) is 0 Å². The summed E-state index contributed by atoms with van der Waals surface area (Å²) in [5.41, 5.74) is 2.00. The number of nitrogens with one attached hydrogen (secondary N) is 2. The molecule has 1 saturated heterocycles. The molecular weight excluding hydrogens is 576 g/mol. The maximum absolute atomic E-state index is 14.8. The van der Waals surface area contributed by atoms with Crippen LogP contribution >= 0.6 is 0 Å². The summed E-state index contributed by atoms with van der Waals surface area (Å²) < 4.78 is 5.54. The number of amides is 3. The lowest BCUT2D eigenvalue weighted by molar-refractivity contribution is -0.157. The highest BCUT2D eigenvalue weighted by atomic mass is 16.5. The molecular formula is C38H50N4O4. The molecule has 3 amide bonds. The molecule has 4 rings (SSSR count). The number of carbonyl (C=O) groups is 3. The largest absolute Gasteiger partial charge is 0.445 e. The van der Waals surface area contributed by atoms with E-state index in [0.717, 1.165) is 17.7 Å². The molecule has 1 heterocycles. The van der Waals surface area contributed by atoms with E-state index in [4.69, 9.17) is 4.74 Å². The van der Waals surface area contributed by atoms with Crippen LogP contribution < -0.4 is 10.6 Å². The van der Waals surface area contributed by atoms with Gasteiger partial charge in [0.1, 0.15) is 18.2 Å². The lowest BCUT2D eigenvalue weighted by atomic mass is 9.81. The van der Waals surface area contributed by atoms with Crippen LogP contribution in [-0.4, -0.2) is 58.4 Å². The number of piperidine rings is 1. The summed E-state index contributed by atoms with van der Waals surface area (Å²) in [5, 5.41) is 6.08. The number of likely N-dealkylation sites (tertiary alicyclic amines) is 1. The molecule has 0 aromatic heterocycles. The molecule has 0 radical (unpaired) electrons. The Hall–Kier alpha value is -4.17. The van der Waals surface area contributed by atoms with Crippen LogP contribution in [0.5, 0.6) is 0 Å². The van der Waals surface area contributed by atoms with Gasteiger partial charge in [0.15, 0.2) is 0 Å². The lowest BCUT2D eigenvalue weighted by Gasteiger charge is -2.51. The van der Waals surface area contributed by atoms with Crippen molar-refractivity contribution in [3.05, 3.63) is 108 Å². The molecule has 0 bridgehead atoms. The minimum absolute atomic E-state index is 0.103. The summed E-state index contributed by atoms with van der Waals surface area (Å²) >= 11 is 0. The molecule has 2 N–H and O–H groups in total. The van der Waals surface area contributed by atoms with E-state index in [-0.39, 0.29) is 30.4 Å². The number of benzene rings is 3. The van der Waals surface area contributed by atoms with E-state index < -0.39 is 17.7 Å². The molecule has 3 aromatic carbocycles. The summed E-state index contributed by atoms with van der Waals surface area (Å²) in [6.45, 7) is 10.6. The van der Waals surface area contributed by atoms with Crippen molar-refractivity contribution in [2.24, 2.45) is 5.92 Å². The van der Waals surface area contributed by atoms with Gasteiger partial charge in [-0.3, -0.25) is 14.5 Å². The smallest absolute Gasteiger partial charge is 0.408 e. The quantitative estimate of drug-likeness (QED) is 0.219. The van der Waals surface area contributed by atoms with Crippen LogP contribution in [0.4, 0.5) is 4.79 Å². The van der Waals surface area contributed by atoms with Crippen molar-refractivity contribution in [1.82, 2.24) is 20.4 Å². The second kappa shape index (κ2) is 16.9. The Morgan fingerprint density at radius 3 is 1.89 bits per heavy atom. The molecule has 3 atom stereocenters.